The summed E-state index contributed by atoms with van der Waals surface area (Å²) in [6, 6.07) is 82.8. The first-order valence-electron chi connectivity index (χ1n) is 28.5. The number of fused-ring (bicyclic) bond motifs is 12. The lowest BCUT2D eigenvalue weighted by atomic mass is 9.94. The average molecular weight is 1030 g/mol. The summed E-state index contributed by atoms with van der Waals surface area (Å²) in [5, 5.41) is 9.99. The lowest BCUT2D eigenvalue weighted by Gasteiger charge is -2.31. The molecule has 0 N–H and O–H groups in total. The van der Waals surface area contributed by atoms with Gasteiger partial charge in [-0.25, -0.2) is 0 Å². The lowest BCUT2D eigenvalue weighted by molar-refractivity contribution is 0.867. The summed E-state index contributed by atoms with van der Waals surface area (Å²) < 4.78 is 5.15. The van der Waals surface area contributed by atoms with Gasteiger partial charge in [-0.1, -0.05) is 173 Å². The first-order valence-corrected chi connectivity index (χ1v) is 28.5. The van der Waals surface area contributed by atoms with Gasteiger partial charge in [-0.15, -0.1) is 0 Å². The van der Waals surface area contributed by atoms with Crippen molar-refractivity contribution in [2.24, 2.45) is 0 Å². The number of para-hydroxylation sites is 2. The molecular weight excluding hydrogens is 969 g/mol. The fraction of sp³-hybridized carbons (Fsp3) is 0.132. The SMILES string of the molecule is Cc1ccc(C)c(N(c2ccc(C(C)C)cc2-c2ccccc2)c2ccc3c4cc5c(cc4n4c6ccccc6c2c34)c2ccc(N(c3cc(C)ccc3C)c3ccc(C(C)C)cc3-c3ccccc3)c3c4ccccc4n5c23)c1. The number of hydrogen-bond donors (Lipinski definition) is 0. The Balaban J connectivity index is 1.02. The van der Waals surface area contributed by atoms with Gasteiger partial charge >= 0.3 is 0 Å². The fourth-order valence-corrected chi connectivity index (χ4v) is 13.5. The first kappa shape index (κ1) is 47.8. The van der Waals surface area contributed by atoms with Crippen molar-refractivity contribution in [3.8, 4) is 22.3 Å². The number of hydrogen-bond acceptors (Lipinski definition) is 2. The maximum Gasteiger partial charge on any atom is 0.0641 e. The summed E-state index contributed by atoms with van der Waals surface area (Å²) in [5.74, 6) is 0.763. The van der Waals surface area contributed by atoms with Crippen LogP contribution < -0.4 is 9.80 Å². The van der Waals surface area contributed by atoms with Crippen molar-refractivity contribution in [1.82, 2.24) is 8.80 Å². The van der Waals surface area contributed by atoms with Crippen molar-refractivity contribution < 1.29 is 0 Å². The highest BCUT2D eigenvalue weighted by Gasteiger charge is 2.30. The molecule has 15 aromatic rings. The molecule has 0 saturated carbocycles. The highest BCUT2D eigenvalue weighted by molar-refractivity contribution is 6.32. The van der Waals surface area contributed by atoms with Gasteiger partial charge in [-0.3, -0.25) is 0 Å². The van der Waals surface area contributed by atoms with E-state index < -0.39 is 0 Å². The summed E-state index contributed by atoms with van der Waals surface area (Å²) >= 11 is 0. The zero-order valence-corrected chi connectivity index (χ0v) is 46.7. The molecule has 0 saturated heterocycles. The van der Waals surface area contributed by atoms with E-state index in [-0.39, 0.29) is 0 Å². The normalized spacial score (nSPS) is 12.2. The number of aromatic nitrogens is 2. The van der Waals surface area contributed by atoms with Crippen molar-refractivity contribution in [1.29, 1.82) is 0 Å². The van der Waals surface area contributed by atoms with E-state index in [1.54, 1.807) is 0 Å². The van der Waals surface area contributed by atoms with Crippen LogP contribution in [-0.2, 0) is 0 Å². The summed E-state index contributed by atoms with van der Waals surface area (Å²) in [6.45, 7) is 18.1. The van der Waals surface area contributed by atoms with Crippen molar-refractivity contribution in [3.63, 3.8) is 0 Å². The van der Waals surface area contributed by atoms with Crippen molar-refractivity contribution in [3.05, 3.63) is 252 Å². The molecule has 4 heterocycles. The Kier molecular flexibility index (Phi) is 10.8. The predicted octanol–water partition coefficient (Wildman–Crippen LogP) is 21.7. The summed E-state index contributed by atoms with van der Waals surface area (Å²) in [7, 11) is 0. The molecule has 15 rings (SSSR count). The molecule has 0 atom stereocenters. The highest BCUT2D eigenvalue weighted by Crippen LogP contribution is 2.54. The lowest BCUT2D eigenvalue weighted by Crippen LogP contribution is -2.13. The van der Waals surface area contributed by atoms with Gasteiger partial charge in [0, 0.05) is 65.6 Å². The van der Waals surface area contributed by atoms with E-state index in [1.807, 2.05) is 0 Å². The maximum atomic E-state index is 2.58. The molecule has 11 aromatic carbocycles. The third-order valence-electron chi connectivity index (χ3n) is 17.5. The van der Waals surface area contributed by atoms with Crippen molar-refractivity contribution in [2.75, 3.05) is 9.80 Å². The van der Waals surface area contributed by atoms with Crippen LogP contribution in [-0.4, -0.2) is 8.80 Å². The standard InChI is InChI=1S/C76H62N4/c1-45(2)53-31-35-65(59(41-53)51-19-11-9-12-20-51)77(69-39-47(5)27-29-49(69)7)67-37-33-55-61-43-72-62(44-71(61)79-63-25-17-15-23-57(63)73(67)75(55)79)56-34-38-68(74-58-24-16-18-26-64(58)80(72)76(56)74)78(70-40-48(6)28-30-50(70)8)66-36-32-54(46(3)4)42-60(66)52-21-13-10-14-22-52/h9-46H,1-8H3. The van der Waals surface area contributed by atoms with Gasteiger partial charge < -0.3 is 18.6 Å². The van der Waals surface area contributed by atoms with Crippen LogP contribution in [0.2, 0.25) is 0 Å². The quantitative estimate of drug-likeness (QED) is 0.136. The Morgan fingerprint density at radius 1 is 0.300 bits per heavy atom. The monoisotopic (exact) mass is 1030 g/mol. The number of rotatable bonds is 10. The van der Waals surface area contributed by atoms with Crippen LogP contribution in [0.5, 0.6) is 0 Å². The van der Waals surface area contributed by atoms with E-state index in [0.29, 0.717) is 11.8 Å². The van der Waals surface area contributed by atoms with E-state index in [9.17, 15) is 0 Å². The maximum absolute atomic E-state index is 2.58. The Labute approximate surface area is 467 Å². The van der Waals surface area contributed by atoms with Crippen LogP contribution in [0.3, 0.4) is 0 Å². The predicted molar refractivity (Wildman–Crippen MR) is 343 cm³/mol. The average Bonchev–Trinajstić information content (AvgIpc) is 3.06. The van der Waals surface area contributed by atoms with Crippen molar-refractivity contribution in [2.45, 2.75) is 67.2 Å². The second kappa shape index (κ2) is 18.1. The molecule has 0 aliphatic heterocycles. The van der Waals surface area contributed by atoms with Crippen LogP contribution in [0.15, 0.2) is 218 Å². The Morgan fingerprint density at radius 2 is 0.688 bits per heavy atom. The molecule has 4 aromatic heterocycles. The van der Waals surface area contributed by atoms with E-state index in [4.69, 9.17) is 0 Å². The van der Waals surface area contributed by atoms with Gasteiger partial charge in [0.15, 0.2) is 0 Å². The molecule has 0 radical (unpaired) electrons. The molecule has 4 heteroatoms. The van der Waals surface area contributed by atoms with Gasteiger partial charge in [0.25, 0.3) is 0 Å². The van der Waals surface area contributed by atoms with Gasteiger partial charge in [0.2, 0.25) is 0 Å². The van der Waals surface area contributed by atoms with Crippen LogP contribution >= 0.6 is 0 Å². The van der Waals surface area contributed by atoms with Crippen LogP contribution in [0.25, 0.3) is 98.4 Å². The molecule has 0 bridgehead atoms. The third kappa shape index (κ3) is 7.07. The summed E-state index contributed by atoms with van der Waals surface area (Å²) in [4.78, 5) is 5.13. The second-order valence-corrected chi connectivity index (χ2v) is 23.1. The Bertz CT molecular complexity index is 4630. The minimum Gasteiger partial charge on any atom is -0.309 e. The van der Waals surface area contributed by atoms with Crippen LogP contribution in [0, 0.1) is 27.7 Å². The minimum atomic E-state index is 0.381. The molecule has 80 heavy (non-hydrogen) atoms. The largest absolute Gasteiger partial charge is 0.309 e. The summed E-state index contributed by atoms with van der Waals surface area (Å²) in [6.07, 6.45) is 0. The van der Waals surface area contributed by atoms with E-state index >= 15 is 0 Å². The first-order chi connectivity index (χ1) is 39.0. The Hall–Kier alpha value is -9.38. The minimum absolute atomic E-state index is 0.381. The Morgan fingerprint density at radius 3 is 1.10 bits per heavy atom. The topological polar surface area (TPSA) is 15.3 Å². The molecule has 386 valence electrons. The second-order valence-electron chi connectivity index (χ2n) is 23.1. The fourth-order valence-electron chi connectivity index (χ4n) is 13.5. The molecule has 0 amide bonds. The van der Waals surface area contributed by atoms with Gasteiger partial charge in [0.05, 0.1) is 55.8 Å². The molecule has 0 aliphatic rings. The number of benzene rings is 11. The van der Waals surface area contributed by atoms with E-state index in [0.717, 1.165) is 11.4 Å². The molecule has 0 unspecified atom stereocenters. The molecule has 4 nitrogen and oxygen atoms in total. The van der Waals surface area contributed by atoms with Gasteiger partial charge in [-0.2, -0.15) is 0 Å². The molecular formula is C76H62N4. The van der Waals surface area contributed by atoms with E-state index in [1.165, 1.54) is 155 Å². The zero-order valence-electron chi connectivity index (χ0n) is 46.7. The van der Waals surface area contributed by atoms with Crippen molar-refractivity contribution >= 4 is 110 Å². The van der Waals surface area contributed by atoms with E-state index in [2.05, 4.69) is 292 Å². The van der Waals surface area contributed by atoms with Gasteiger partial charge in [-0.05, 0) is 157 Å². The van der Waals surface area contributed by atoms with Crippen LogP contribution in [0.4, 0.5) is 34.1 Å². The molecule has 0 aliphatic carbocycles. The number of aryl methyl sites for hydroxylation is 4. The molecule has 0 fully saturated rings. The third-order valence-corrected chi connectivity index (χ3v) is 17.5. The smallest absolute Gasteiger partial charge is 0.0641 e. The van der Waals surface area contributed by atoms with Gasteiger partial charge in [0.1, 0.15) is 0 Å². The number of anilines is 6. The molecule has 0 spiro atoms. The zero-order chi connectivity index (χ0) is 54.2. The van der Waals surface area contributed by atoms with Crippen LogP contribution in [0.1, 0.15) is 72.9 Å². The summed E-state index contributed by atoms with van der Waals surface area (Å²) in [5.41, 5.74) is 26.8. The highest BCUT2D eigenvalue weighted by atomic mass is 15.2. The number of nitrogens with zero attached hydrogens (tertiary/aromatic N) is 4.